The molecule has 118 valence electrons. The minimum absolute atomic E-state index is 0.114. The van der Waals surface area contributed by atoms with Crippen LogP contribution >= 0.6 is 0 Å². The molecule has 1 aliphatic rings. The highest BCUT2D eigenvalue weighted by Crippen LogP contribution is 2.10. The second-order valence-corrected chi connectivity index (χ2v) is 7.75. The van der Waals surface area contributed by atoms with Gasteiger partial charge in [0.15, 0.2) is 6.67 Å². The van der Waals surface area contributed by atoms with E-state index in [1.54, 1.807) is 0 Å². The first-order chi connectivity index (χ1) is 9.80. The van der Waals surface area contributed by atoms with Crippen molar-refractivity contribution in [2.45, 2.75) is 30.5 Å². The second-order valence-electron chi connectivity index (χ2n) is 5.60. The van der Waals surface area contributed by atoms with E-state index in [1.807, 2.05) is 0 Å². The van der Waals surface area contributed by atoms with E-state index in [0.717, 1.165) is 17.4 Å². The number of hydrogen-bond donors (Lipinski definition) is 2. The predicted octanol–water partition coefficient (Wildman–Crippen LogP) is -1.90. The Labute approximate surface area is 124 Å². The predicted molar refractivity (Wildman–Crippen MR) is 77.5 cm³/mol. The number of piperidine rings is 1. The van der Waals surface area contributed by atoms with Crippen molar-refractivity contribution in [1.82, 2.24) is 8.87 Å². The first kappa shape index (κ1) is 16.2. The van der Waals surface area contributed by atoms with Gasteiger partial charge in [-0.2, -0.15) is 0 Å². The quantitative estimate of drug-likeness (QED) is 0.679. The van der Waals surface area contributed by atoms with E-state index in [1.165, 1.54) is 41.9 Å². The van der Waals surface area contributed by atoms with Crippen LogP contribution in [0.4, 0.5) is 0 Å². The van der Waals surface area contributed by atoms with Gasteiger partial charge in [-0.3, -0.25) is 9.36 Å². The topological polar surface area (TPSA) is 84.0 Å². The van der Waals surface area contributed by atoms with Crippen molar-refractivity contribution < 1.29 is 18.4 Å². The number of likely N-dealkylation sites (tertiary alicyclic amines) is 1. The summed E-state index contributed by atoms with van der Waals surface area (Å²) in [5.74, 6) is 0. The summed E-state index contributed by atoms with van der Waals surface area (Å²) in [6, 6.07) is 2.62. The van der Waals surface area contributed by atoms with E-state index in [9.17, 15) is 18.3 Å². The number of aliphatic hydroxyl groups excluding tert-OH is 1. The SMILES string of the molecule is CN(C)S(=O)(=O)c1ccc(=O)n(C[NH+]2CCC(O)CC2)c1. The molecule has 0 aliphatic carbocycles. The summed E-state index contributed by atoms with van der Waals surface area (Å²) in [6.07, 6.45) is 2.56. The standard InChI is InChI=1S/C13H21N3O4S/c1-14(2)21(19,20)12-3-4-13(18)16(9-12)10-15-7-5-11(17)6-8-15/h3-4,9,11,17H,5-8,10H2,1-2H3/p+1. The van der Waals surface area contributed by atoms with E-state index < -0.39 is 10.0 Å². The molecule has 0 unspecified atom stereocenters. The van der Waals surface area contributed by atoms with Crippen molar-refractivity contribution in [2.24, 2.45) is 0 Å². The summed E-state index contributed by atoms with van der Waals surface area (Å²) in [4.78, 5) is 13.2. The normalized spacial score (nSPS) is 23.4. The summed E-state index contributed by atoms with van der Waals surface area (Å²) in [5.41, 5.74) is -0.216. The molecule has 21 heavy (non-hydrogen) atoms. The van der Waals surface area contributed by atoms with Crippen LogP contribution in [0, 0.1) is 0 Å². The Balaban J connectivity index is 2.22. The number of aliphatic hydroxyl groups is 1. The minimum atomic E-state index is -3.54. The zero-order valence-electron chi connectivity index (χ0n) is 12.3. The first-order valence-corrected chi connectivity index (χ1v) is 8.39. The van der Waals surface area contributed by atoms with Crippen LogP contribution < -0.4 is 10.5 Å². The number of hydrogen-bond acceptors (Lipinski definition) is 4. The minimum Gasteiger partial charge on any atom is -0.393 e. The zero-order chi connectivity index (χ0) is 15.6. The fraction of sp³-hybridized carbons (Fsp3) is 0.615. The number of pyridine rings is 1. The van der Waals surface area contributed by atoms with Gasteiger partial charge in [0.25, 0.3) is 5.56 Å². The lowest BCUT2D eigenvalue weighted by Gasteiger charge is -2.27. The zero-order valence-corrected chi connectivity index (χ0v) is 13.1. The summed E-state index contributed by atoms with van der Waals surface area (Å²) in [5, 5.41) is 9.49. The molecule has 8 heteroatoms. The molecule has 0 aromatic carbocycles. The molecule has 2 rings (SSSR count). The Hall–Kier alpha value is -1.22. The molecule has 0 bridgehead atoms. The van der Waals surface area contributed by atoms with Gasteiger partial charge >= 0.3 is 0 Å². The number of aromatic nitrogens is 1. The molecule has 2 N–H and O–H groups in total. The number of rotatable bonds is 4. The molecule has 1 fully saturated rings. The number of sulfonamides is 1. The molecule has 1 aliphatic heterocycles. The lowest BCUT2D eigenvalue weighted by atomic mass is 10.1. The molecule has 1 aromatic heterocycles. The molecule has 0 radical (unpaired) electrons. The van der Waals surface area contributed by atoms with Gasteiger partial charge in [0.1, 0.15) is 0 Å². The maximum atomic E-state index is 12.1. The summed E-state index contributed by atoms with van der Waals surface area (Å²) < 4.78 is 26.8. The van der Waals surface area contributed by atoms with Crippen molar-refractivity contribution in [3.8, 4) is 0 Å². The number of quaternary nitrogens is 1. The van der Waals surface area contributed by atoms with E-state index in [0.29, 0.717) is 19.5 Å². The van der Waals surface area contributed by atoms with Gasteiger partial charge in [-0.1, -0.05) is 0 Å². The summed E-state index contributed by atoms with van der Waals surface area (Å²) in [7, 11) is -0.621. The molecule has 1 aromatic rings. The smallest absolute Gasteiger partial charge is 0.254 e. The van der Waals surface area contributed by atoms with Crippen LogP contribution in [0.5, 0.6) is 0 Å². The van der Waals surface area contributed by atoms with Crippen molar-refractivity contribution >= 4 is 10.0 Å². The van der Waals surface area contributed by atoms with Crippen molar-refractivity contribution in [3.63, 3.8) is 0 Å². The molecule has 0 spiro atoms. The van der Waals surface area contributed by atoms with Crippen LogP contribution in [0.2, 0.25) is 0 Å². The summed E-state index contributed by atoms with van der Waals surface area (Å²) in [6.45, 7) is 1.97. The third-order valence-electron chi connectivity index (χ3n) is 3.79. The van der Waals surface area contributed by atoms with Gasteiger partial charge in [-0.05, 0) is 6.07 Å². The Kier molecular flexibility index (Phi) is 4.82. The highest BCUT2D eigenvalue weighted by atomic mass is 32.2. The molecular weight excluding hydrogens is 294 g/mol. The van der Waals surface area contributed by atoms with Gasteiger partial charge in [0.05, 0.1) is 24.1 Å². The molecule has 1 saturated heterocycles. The monoisotopic (exact) mass is 316 g/mol. The average Bonchev–Trinajstić information content (AvgIpc) is 2.43. The summed E-state index contributed by atoms with van der Waals surface area (Å²) >= 11 is 0. The number of nitrogens with one attached hydrogen (secondary N) is 1. The van der Waals surface area contributed by atoms with E-state index in [-0.39, 0.29) is 16.6 Å². The Morgan fingerprint density at radius 3 is 2.52 bits per heavy atom. The van der Waals surface area contributed by atoms with Crippen LogP contribution in [0.3, 0.4) is 0 Å². The molecule has 0 amide bonds. The lowest BCUT2D eigenvalue weighted by Crippen LogP contribution is -3.12. The Morgan fingerprint density at radius 1 is 1.33 bits per heavy atom. The highest BCUT2D eigenvalue weighted by Gasteiger charge is 2.22. The van der Waals surface area contributed by atoms with Crippen LogP contribution in [-0.4, -0.2) is 55.7 Å². The van der Waals surface area contributed by atoms with E-state index in [4.69, 9.17) is 0 Å². The largest absolute Gasteiger partial charge is 0.393 e. The van der Waals surface area contributed by atoms with Gasteiger partial charge in [-0.25, -0.2) is 12.7 Å². The van der Waals surface area contributed by atoms with Crippen LogP contribution in [-0.2, 0) is 16.7 Å². The molecule has 0 saturated carbocycles. The van der Waals surface area contributed by atoms with Crippen LogP contribution in [0.1, 0.15) is 12.8 Å². The maximum Gasteiger partial charge on any atom is 0.254 e. The van der Waals surface area contributed by atoms with Gasteiger partial charge in [0, 0.05) is 39.2 Å². The Morgan fingerprint density at radius 2 is 1.95 bits per heavy atom. The first-order valence-electron chi connectivity index (χ1n) is 6.95. The lowest BCUT2D eigenvalue weighted by molar-refractivity contribution is -0.928. The van der Waals surface area contributed by atoms with E-state index >= 15 is 0 Å². The molecular formula is C13H22N3O4S+. The van der Waals surface area contributed by atoms with Crippen molar-refractivity contribution in [2.75, 3.05) is 27.2 Å². The number of nitrogens with zero attached hydrogens (tertiary/aromatic N) is 2. The average molecular weight is 316 g/mol. The third-order valence-corrected chi connectivity index (χ3v) is 5.59. The molecule has 0 atom stereocenters. The van der Waals surface area contributed by atoms with Crippen LogP contribution in [0.15, 0.2) is 28.0 Å². The Bertz CT molecular complexity index is 646. The molecule has 2 heterocycles. The van der Waals surface area contributed by atoms with Gasteiger partial charge in [0.2, 0.25) is 10.0 Å². The fourth-order valence-electron chi connectivity index (χ4n) is 2.41. The van der Waals surface area contributed by atoms with Crippen molar-refractivity contribution in [3.05, 3.63) is 28.7 Å². The van der Waals surface area contributed by atoms with Gasteiger partial charge < -0.3 is 10.0 Å². The third kappa shape index (κ3) is 3.70. The van der Waals surface area contributed by atoms with Crippen molar-refractivity contribution in [1.29, 1.82) is 0 Å². The maximum absolute atomic E-state index is 12.1. The molecule has 7 nitrogen and oxygen atoms in total. The van der Waals surface area contributed by atoms with Gasteiger partial charge in [-0.15, -0.1) is 0 Å². The highest BCUT2D eigenvalue weighted by molar-refractivity contribution is 7.89. The van der Waals surface area contributed by atoms with Crippen LogP contribution in [0.25, 0.3) is 0 Å². The fourth-order valence-corrected chi connectivity index (χ4v) is 3.33. The van der Waals surface area contributed by atoms with E-state index in [2.05, 4.69) is 0 Å². The second kappa shape index (κ2) is 6.27.